The smallest absolute Gasteiger partial charge is 0.127 e. The second-order valence-electron chi connectivity index (χ2n) is 4.29. The monoisotopic (exact) mass is 248 g/mol. The zero-order valence-corrected chi connectivity index (χ0v) is 12.0. The Kier molecular flexibility index (Phi) is 6.34. The third kappa shape index (κ3) is 4.10. The highest BCUT2D eigenvalue weighted by molar-refractivity contribution is 5.61. The Bertz CT molecular complexity index is 394. The molecule has 2 nitrogen and oxygen atoms in total. The minimum atomic E-state index is 0.681. The molecule has 1 rings (SSSR count). The maximum atomic E-state index is 5.81. The van der Waals surface area contributed by atoms with E-state index in [0.717, 1.165) is 42.1 Å². The van der Waals surface area contributed by atoms with Crippen molar-refractivity contribution >= 4 is 6.08 Å². The van der Waals surface area contributed by atoms with Crippen molar-refractivity contribution < 1.29 is 9.47 Å². The van der Waals surface area contributed by atoms with Crippen molar-refractivity contribution in [3.05, 3.63) is 29.3 Å². The summed E-state index contributed by atoms with van der Waals surface area (Å²) in [5.41, 5.74) is 2.21. The summed E-state index contributed by atoms with van der Waals surface area (Å²) in [5, 5.41) is 0. The highest BCUT2D eigenvalue weighted by Gasteiger charge is 2.07. The molecule has 18 heavy (non-hydrogen) atoms. The predicted molar refractivity (Wildman–Crippen MR) is 77.5 cm³/mol. The van der Waals surface area contributed by atoms with Crippen molar-refractivity contribution in [2.75, 3.05) is 13.2 Å². The van der Waals surface area contributed by atoms with Crippen LogP contribution >= 0.6 is 0 Å². The van der Waals surface area contributed by atoms with Crippen molar-refractivity contribution in [3.63, 3.8) is 0 Å². The molecule has 0 bridgehead atoms. The summed E-state index contributed by atoms with van der Waals surface area (Å²) in [6, 6.07) is 4.12. The number of aryl methyl sites for hydroxylation is 1. The van der Waals surface area contributed by atoms with Gasteiger partial charge in [-0.1, -0.05) is 25.5 Å². The quantitative estimate of drug-likeness (QED) is 0.656. The fraction of sp³-hybridized carbons (Fsp3) is 0.500. The van der Waals surface area contributed by atoms with Crippen molar-refractivity contribution in [1.29, 1.82) is 0 Å². The van der Waals surface area contributed by atoms with Crippen molar-refractivity contribution in [1.82, 2.24) is 0 Å². The van der Waals surface area contributed by atoms with E-state index >= 15 is 0 Å². The molecule has 0 heterocycles. The summed E-state index contributed by atoms with van der Waals surface area (Å²) in [6.45, 7) is 9.69. The molecule has 0 aliphatic heterocycles. The molecule has 0 spiro atoms. The number of benzene rings is 1. The minimum absolute atomic E-state index is 0.681. The van der Waals surface area contributed by atoms with Gasteiger partial charge in [0.25, 0.3) is 0 Å². The molecular formula is C16H24O2. The molecule has 0 N–H and O–H groups in total. The molecule has 0 aliphatic rings. The molecule has 0 saturated carbocycles. The molecule has 0 radical (unpaired) electrons. The van der Waals surface area contributed by atoms with Crippen LogP contribution in [0, 0.1) is 6.92 Å². The first-order valence-corrected chi connectivity index (χ1v) is 6.75. The van der Waals surface area contributed by atoms with Gasteiger partial charge < -0.3 is 9.47 Å². The van der Waals surface area contributed by atoms with Gasteiger partial charge in [-0.15, -0.1) is 0 Å². The molecule has 1 aromatic carbocycles. The molecule has 0 saturated heterocycles. The number of rotatable bonds is 7. The molecule has 100 valence electrons. The lowest BCUT2D eigenvalue weighted by atomic mass is 10.1. The van der Waals surface area contributed by atoms with Gasteiger partial charge in [0.05, 0.1) is 13.2 Å². The molecule has 1 aromatic rings. The van der Waals surface area contributed by atoms with Gasteiger partial charge >= 0.3 is 0 Å². The molecule has 0 amide bonds. The van der Waals surface area contributed by atoms with Crippen LogP contribution in [0.25, 0.3) is 6.08 Å². The van der Waals surface area contributed by atoms with E-state index in [2.05, 4.69) is 32.1 Å². The molecule has 0 aliphatic carbocycles. The average Bonchev–Trinajstić information content (AvgIpc) is 2.35. The summed E-state index contributed by atoms with van der Waals surface area (Å²) in [5.74, 6) is 1.89. The van der Waals surface area contributed by atoms with Gasteiger partial charge in [-0.25, -0.2) is 0 Å². The Labute approximate surface area is 111 Å². The number of ether oxygens (including phenoxy) is 2. The van der Waals surface area contributed by atoms with E-state index in [1.807, 2.05) is 19.9 Å². The highest BCUT2D eigenvalue weighted by atomic mass is 16.5. The van der Waals surface area contributed by atoms with E-state index in [0.29, 0.717) is 6.61 Å². The predicted octanol–water partition coefficient (Wildman–Crippen LogP) is 4.61. The van der Waals surface area contributed by atoms with Gasteiger partial charge in [0.2, 0.25) is 0 Å². The Morgan fingerprint density at radius 1 is 1.11 bits per heavy atom. The Hall–Kier alpha value is -1.44. The minimum Gasteiger partial charge on any atom is -0.493 e. The van der Waals surface area contributed by atoms with Gasteiger partial charge in [-0.05, 0) is 44.9 Å². The maximum absolute atomic E-state index is 5.81. The average molecular weight is 248 g/mol. The van der Waals surface area contributed by atoms with Crippen molar-refractivity contribution in [3.8, 4) is 11.5 Å². The van der Waals surface area contributed by atoms with Gasteiger partial charge in [0.15, 0.2) is 0 Å². The SMILES string of the molecule is C/C=C/c1cc(OCCCC)c(C)cc1OCC. The Balaban J connectivity index is 2.94. The van der Waals surface area contributed by atoms with E-state index in [9.17, 15) is 0 Å². The van der Waals surface area contributed by atoms with E-state index in [4.69, 9.17) is 9.47 Å². The van der Waals surface area contributed by atoms with E-state index in [1.54, 1.807) is 0 Å². The van der Waals surface area contributed by atoms with Crippen LogP contribution < -0.4 is 9.47 Å². The first-order valence-electron chi connectivity index (χ1n) is 6.75. The van der Waals surface area contributed by atoms with Gasteiger partial charge in [-0.2, -0.15) is 0 Å². The topological polar surface area (TPSA) is 18.5 Å². The molecule has 0 fully saturated rings. The van der Waals surface area contributed by atoms with Gasteiger partial charge in [0, 0.05) is 5.56 Å². The van der Waals surface area contributed by atoms with E-state index < -0.39 is 0 Å². The third-order valence-electron chi connectivity index (χ3n) is 2.71. The van der Waals surface area contributed by atoms with Gasteiger partial charge in [0.1, 0.15) is 11.5 Å². The summed E-state index contributed by atoms with van der Waals surface area (Å²) >= 11 is 0. The lowest BCUT2D eigenvalue weighted by Gasteiger charge is -2.13. The van der Waals surface area contributed by atoms with Crippen LogP contribution in [0.4, 0.5) is 0 Å². The number of unbranched alkanes of at least 4 members (excludes halogenated alkanes) is 1. The fourth-order valence-corrected chi connectivity index (χ4v) is 1.75. The lowest BCUT2D eigenvalue weighted by Crippen LogP contribution is -2.00. The summed E-state index contributed by atoms with van der Waals surface area (Å²) < 4.78 is 11.5. The van der Waals surface area contributed by atoms with Crippen LogP contribution in [0.3, 0.4) is 0 Å². The van der Waals surface area contributed by atoms with E-state index in [-0.39, 0.29) is 0 Å². The maximum Gasteiger partial charge on any atom is 0.127 e. The van der Waals surface area contributed by atoms with Crippen molar-refractivity contribution in [2.24, 2.45) is 0 Å². The summed E-state index contributed by atoms with van der Waals surface area (Å²) in [4.78, 5) is 0. The first kappa shape index (κ1) is 14.6. The number of allylic oxidation sites excluding steroid dienone is 1. The van der Waals surface area contributed by atoms with E-state index in [1.165, 1.54) is 0 Å². The molecule has 0 unspecified atom stereocenters. The van der Waals surface area contributed by atoms with Crippen LogP contribution in [0.1, 0.15) is 44.7 Å². The standard InChI is InChI=1S/C16H24O2/c1-5-8-10-18-15-12-14(9-6-2)16(17-7-3)11-13(15)4/h6,9,11-12H,5,7-8,10H2,1-4H3/b9-6+. The summed E-state index contributed by atoms with van der Waals surface area (Å²) in [7, 11) is 0. The van der Waals surface area contributed by atoms with Crippen LogP contribution in [0.2, 0.25) is 0 Å². The lowest BCUT2D eigenvalue weighted by molar-refractivity contribution is 0.304. The number of hydrogen-bond acceptors (Lipinski definition) is 2. The largest absolute Gasteiger partial charge is 0.493 e. The molecule has 0 aromatic heterocycles. The third-order valence-corrected chi connectivity index (χ3v) is 2.71. The number of hydrogen-bond donors (Lipinski definition) is 0. The Morgan fingerprint density at radius 2 is 1.89 bits per heavy atom. The molecular weight excluding hydrogens is 224 g/mol. The second-order valence-corrected chi connectivity index (χ2v) is 4.29. The van der Waals surface area contributed by atoms with Crippen LogP contribution in [-0.4, -0.2) is 13.2 Å². The van der Waals surface area contributed by atoms with Gasteiger partial charge in [-0.3, -0.25) is 0 Å². The second kappa shape index (κ2) is 7.80. The first-order chi connectivity index (χ1) is 8.72. The molecule has 0 atom stereocenters. The summed E-state index contributed by atoms with van der Waals surface area (Å²) in [6.07, 6.45) is 6.31. The van der Waals surface area contributed by atoms with Crippen LogP contribution in [0.5, 0.6) is 11.5 Å². The zero-order valence-electron chi connectivity index (χ0n) is 12.0. The highest BCUT2D eigenvalue weighted by Crippen LogP contribution is 2.29. The fourth-order valence-electron chi connectivity index (χ4n) is 1.75. The molecule has 2 heteroatoms. The van der Waals surface area contributed by atoms with Crippen LogP contribution in [-0.2, 0) is 0 Å². The zero-order chi connectivity index (χ0) is 13.4. The Morgan fingerprint density at radius 3 is 2.50 bits per heavy atom. The normalized spacial score (nSPS) is 10.9. The van der Waals surface area contributed by atoms with Crippen LogP contribution in [0.15, 0.2) is 18.2 Å². The van der Waals surface area contributed by atoms with Crippen molar-refractivity contribution in [2.45, 2.75) is 40.5 Å².